The van der Waals surface area contributed by atoms with Crippen molar-refractivity contribution in [3.8, 4) is 5.75 Å². The zero-order valence-corrected chi connectivity index (χ0v) is 9.53. The highest BCUT2D eigenvalue weighted by atomic mass is 16.5. The fraction of sp³-hybridized carbons (Fsp3) is 0.273. The van der Waals surface area contributed by atoms with Crippen LogP contribution in [0.2, 0.25) is 0 Å². The van der Waals surface area contributed by atoms with Gasteiger partial charge in [-0.1, -0.05) is 6.07 Å². The van der Waals surface area contributed by atoms with Gasteiger partial charge in [0, 0.05) is 0 Å². The van der Waals surface area contributed by atoms with Crippen molar-refractivity contribution in [3.63, 3.8) is 0 Å². The Kier molecular flexibility index (Phi) is 4.24. The number of aliphatic hydroxyl groups is 2. The summed E-state index contributed by atoms with van der Waals surface area (Å²) in [5.41, 5.74) is 4.88. The molecule has 0 heterocycles. The number of ether oxygens (including phenoxy) is 1. The third kappa shape index (κ3) is 2.76. The smallest absolute Gasteiger partial charge is 0.339 e. The fourth-order valence-electron chi connectivity index (χ4n) is 1.41. The van der Waals surface area contributed by atoms with E-state index in [9.17, 15) is 19.8 Å². The van der Waals surface area contributed by atoms with Crippen LogP contribution in [0.3, 0.4) is 0 Å². The molecule has 2 unspecified atom stereocenters. The van der Waals surface area contributed by atoms with E-state index in [1.54, 1.807) is 0 Å². The van der Waals surface area contributed by atoms with E-state index < -0.39 is 24.1 Å². The van der Waals surface area contributed by atoms with Crippen molar-refractivity contribution in [2.75, 3.05) is 7.11 Å². The highest BCUT2D eigenvalue weighted by Crippen LogP contribution is 2.25. The first-order chi connectivity index (χ1) is 8.38. The minimum Gasteiger partial charge on any atom is -0.496 e. The highest BCUT2D eigenvalue weighted by molar-refractivity contribution is 5.91. The number of methoxy groups -OCH3 is 1. The van der Waals surface area contributed by atoms with Crippen molar-refractivity contribution in [2.24, 2.45) is 5.73 Å². The van der Waals surface area contributed by atoms with Gasteiger partial charge in [0.1, 0.15) is 17.4 Å². The molecule has 0 saturated carbocycles. The van der Waals surface area contributed by atoms with Gasteiger partial charge in [-0.2, -0.15) is 0 Å². The van der Waals surface area contributed by atoms with E-state index in [4.69, 9.17) is 15.6 Å². The van der Waals surface area contributed by atoms with E-state index in [-0.39, 0.29) is 16.9 Å². The Bertz CT molecular complexity index is 473. The number of carboxylic acids is 1. The molecule has 0 fully saturated rings. The molecule has 18 heavy (non-hydrogen) atoms. The molecule has 0 aliphatic heterocycles. The molecule has 1 aromatic rings. The Hall–Kier alpha value is -2.12. The maximum Gasteiger partial charge on any atom is 0.339 e. The molecule has 0 aliphatic rings. The number of carboxylic acid groups (broad SMARTS) is 1. The highest BCUT2D eigenvalue weighted by Gasteiger charge is 2.24. The van der Waals surface area contributed by atoms with Crippen LogP contribution in [0.5, 0.6) is 5.75 Å². The number of amides is 1. The number of carbonyl (C=O) groups excluding carboxylic acids is 1. The Morgan fingerprint density at radius 3 is 2.39 bits per heavy atom. The minimum absolute atomic E-state index is 0.00993. The molecule has 98 valence electrons. The van der Waals surface area contributed by atoms with Crippen LogP contribution in [0, 0.1) is 0 Å². The van der Waals surface area contributed by atoms with E-state index in [2.05, 4.69) is 0 Å². The Morgan fingerprint density at radius 2 is 1.94 bits per heavy atom. The van der Waals surface area contributed by atoms with Gasteiger partial charge in [0.15, 0.2) is 6.10 Å². The van der Waals surface area contributed by atoms with Gasteiger partial charge in [0.05, 0.1) is 7.11 Å². The molecular formula is C11H13NO6. The van der Waals surface area contributed by atoms with E-state index in [0.29, 0.717) is 0 Å². The minimum atomic E-state index is -1.77. The van der Waals surface area contributed by atoms with Crippen molar-refractivity contribution in [1.29, 1.82) is 0 Å². The molecule has 2 atom stereocenters. The second-order valence-corrected chi connectivity index (χ2v) is 3.56. The first kappa shape index (κ1) is 13.9. The molecule has 0 bridgehead atoms. The average molecular weight is 255 g/mol. The average Bonchev–Trinajstić information content (AvgIpc) is 2.35. The summed E-state index contributed by atoms with van der Waals surface area (Å²) < 4.78 is 4.85. The lowest BCUT2D eigenvalue weighted by Crippen LogP contribution is -2.33. The number of rotatable bonds is 5. The van der Waals surface area contributed by atoms with E-state index in [0.717, 1.165) is 0 Å². The number of nitrogens with two attached hydrogens (primary N) is 1. The summed E-state index contributed by atoms with van der Waals surface area (Å²) in [6.07, 6.45) is -3.32. The molecule has 7 heteroatoms. The predicted molar refractivity (Wildman–Crippen MR) is 60.1 cm³/mol. The van der Waals surface area contributed by atoms with Crippen LogP contribution in [0.1, 0.15) is 22.0 Å². The fourth-order valence-corrected chi connectivity index (χ4v) is 1.41. The van der Waals surface area contributed by atoms with Crippen molar-refractivity contribution < 1.29 is 29.6 Å². The van der Waals surface area contributed by atoms with Gasteiger partial charge in [-0.3, -0.25) is 4.79 Å². The summed E-state index contributed by atoms with van der Waals surface area (Å²) in [5.74, 6) is -2.26. The predicted octanol–water partition coefficient (Wildman–Crippen LogP) is -0.727. The molecule has 1 rings (SSSR count). The lowest BCUT2D eigenvalue weighted by molar-refractivity contribution is -0.131. The van der Waals surface area contributed by atoms with Crippen molar-refractivity contribution in [3.05, 3.63) is 29.3 Å². The summed E-state index contributed by atoms with van der Waals surface area (Å²) in [6, 6.07) is 3.69. The quantitative estimate of drug-likeness (QED) is 0.549. The number of aliphatic hydroxyl groups excluding tert-OH is 2. The third-order valence-corrected chi connectivity index (χ3v) is 2.39. The number of carbonyl (C=O) groups is 2. The molecule has 5 N–H and O–H groups in total. The first-order valence-electron chi connectivity index (χ1n) is 4.95. The van der Waals surface area contributed by atoms with Crippen molar-refractivity contribution >= 4 is 11.9 Å². The molecule has 0 aliphatic carbocycles. The lowest BCUT2D eigenvalue weighted by Gasteiger charge is -2.16. The summed E-state index contributed by atoms with van der Waals surface area (Å²) >= 11 is 0. The second kappa shape index (κ2) is 5.48. The monoisotopic (exact) mass is 255 g/mol. The Balaban J connectivity index is 3.13. The van der Waals surface area contributed by atoms with Crippen LogP contribution in [-0.2, 0) is 4.79 Å². The van der Waals surface area contributed by atoms with Gasteiger partial charge in [0.2, 0.25) is 5.91 Å². The number of hydrogen-bond acceptors (Lipinski definition) is 5. The topological polar surface area (TPSA) is 130 Å². The molecule has 7 nitrogen and oxygen atoms in total. The summed E-state index contributed by atoms with van der Waals surface area (Å²) in [6.45, 7) is 0. The van der Waals surface area contributed by atoms with Crippen LogP contribution in [0.25, 0.3) is 0 Å². The zero-order valence-electron chi connectivity index (χ0n) is 9.53. The SMILES string of the molecule is COc1cc(C(O)C(O)C(N)=O)ccc1C(=O)O. The van der Waals surface area contributed by atoms with E-state index >= 15 is 0 Å². The first-order valence-corrected chi connectivity index (χ1v) is 4.95. The zero-order chi connectivity index (χ0) is 13.9. The number of primary amides is 1. The Morgan fingerprint density at radius 1 is 1.33 bits per heavy atom. The van der Waals surface area contributed by atoms with Gasteiger partial charge < -0.3 is 25.8 Å². The lowest BCUT2D eigenvalue weighted by atomic mass is 10.0. The number of benzene rings is 1. The Labute approximate surface area is 102 Å². The molecule has 0 radical (unpaired) electrons. The van der Waals surface area contributed by atoms with Crippen LogP contribution < -0.4 is 10.5 Å². The number of hydrogen-bond donors (Lipinski definition) is 4. The molecule has 0 aromatic heterocycles. The van der Waals surface area contributed by atoms with Gasteiger partial charge >= 0.3 is 5.97 Å². The summed E-state index contributed by atoms with van der Waals surface area (Å²) in [4.78, 5) is 21.6. The molecule has 1 amide bonds. The maximum atomic E-state index is 10.8. The number of aromatic carboxylic acids is 1. The van der Waals surface area contributed by atoms with Crippen LogP contribution in [0.15, 0.2) is 18.2 Å². The third-order valence-electron chi connectivity index (χ3n) is 2.39. The van der Waals surface area contributed by atoms with Gasteiger partial charge in [-0.15, -0.1) is 0 Å². The standard InChI is InChI=1S/C11H13NO6/c1-18-7-4-5(2-3-6(7)11(16)17)8(13)9(14)10(12)15/h2-4,8-9,13-14H,1H3,(H2,12,15)(H,16,17). The molecular weight excluding hydrogens is 242 g/mol. The van der Waals surface area contributed by atoms with Crippen molar-refractivity contribution in [1.82, 2.24) is 0 Å². The van der Waals surface area contributed by atoms with E-state index in [1.807, 2.05) is 0 Å². The van der Waals surface area contributed by atoms with Crippen LogP contribution >= 0.6 is 0 Å². The van der Waals surface area contributed by atoms with Gasteiger partial charge in [-0.05, 0) is 17.7 Å². The normalized spacial score (nSPS) is 13.7. The molecule has 0 saturated heterocycles. The summed E-state index contributed by atoms with van der Waals surface area (Å²) in [7, 11) is 1.27. The maximum absolute atomic E-state index is 10.8. The van der Waals surface area contributed by atoms with E-state index in [1.165, 1.54) is 25.3 Å². The van der Waals surface area contributed by atoms with Crippen LogP contribution in [-0.4, -0.2) is 40.4 Å². The van der Waals surface area contributed by atoms with Crippen LogP contribution in [0.4, 0.5) is 0 Å². The van der Waals surface area contributed by atoms with Gasteiger partial charge in [0.25, 0.3) is 0 Å². The van der Waals surface area contributed by atoms with Gasteiger partial charge in [-0.25, -0.2) is 4.79 Å². The van der Waals surface area contributed by atoms with Crippen molar-refractivity contribution in [2.45, 2.75) is 12.2 Å². The second-order valence-electron chi connectivity index (χ2n) is 3.56. The molecule has 1 aromatic carbocycles. The molecule has 0 spiro atoms. The largest absolute Gasteiger partial charge is 0.496 e. The summed E-state index contributed by atoms with van der Waals surface area (Å²) in [5, 5.41) is 27.8.